The average molecular weight is 406 g/mol. The Morgan fingerprint density at radius 3 is 2.82 bits per heavy atom. The van der Waals surface area contributed by atoms with Crippen molar-refractivity contribution in [1.29, 1.82) is 0 Å². The lowest BCUT2D eigenvalue weighted by Gasteiger charge is -2.44. The van der Waals surface area contributed by atoms with Crippen LogP contribution in [-0.4, -0.2) is 44.2 Å². The molecule has 6 N–H and O–H groups in total. The molecule has 0 aliphatic carbocycles. The number of carbonyl (C=O) groups excluding carboxylic acids is 2. The van der Waals surface area contributed by atoms with E-state index >= 15 is 0 Å². The number of aromatic amines is 1. The number of β-lactam (4-membered cyclic amide) rings is 1. The maximum absolute atomic E-state index is 12.7. The number of nitrogens with one attached hydrogen (secondary N) is 3. The third kappa shape index (κ3) is 3.96. The molecule has 0 unspecified atom stereocenters. The van der Waals surface area contributed by atoms with Crippen LogP contribution in [0.5, 0.6) is 5.75 Å². The molecular formula is C16H18N6O5S. The molecule has 0 aromatic carbocycles. The van der Waals surface area contributed by atoms with Gasteiger partial charge in [0.15, 0.2) is 23.2 Å². The normalized spacial score (nSPS) is 18.1. The van der Waals surface area contributed by atoms with E-state index in [0.29, 0.717) is 5.69 Å². The lowest BCUT2D eigenvalue weighted by atomic mass is 9.85. The molecule has 28 heavy (non-hydrogen) atoms. The number of thiazole rings is 1. The molecule has 0 radical (unpaired) electrons. The number of nitrogen functional groups attached to an aromatic ring is 1. The highest BCUT2D eigenvalue weighted by Gasteiger charge is 2.47. The van der Waals surface area contributed by atoms with Crippen molar-refractivity contribution in [3.05, 3.63) is 39.3 Å². The molecule has 1 fully saturated rings. The molecule has 2 aromatic rings. The molecule has 0 saturated carbocycles. The summed E-state index contributed by atoms with van der Waals surface area (Å²) in [4.78, 5) is 47.7. The van der Waals surface area contributed by atoms with Crippen LogP contribution < -0.4 is 21.8 Å². The first kappa shape index (κ1) is 19.4. The van der Waals surface area contributed by atoms with Gasteiger partial charge in [-0.1, -0.05) is 5.16 Å². The van der Waals surface area contributed by atoms with Gasteiger partial charge < -0.3 is 31.3 Å². The lowest BCUT2D eigenvalue weighted by molar-refractivity contribution is -0.138. The maximum Gasteiger partial charge on any atom is 0.276 e. The Kier molecular flexibility index (Phi) is 5.05. The maximum atomic E-state index is 12.7. The van der Waals surface area contributed by atoms with Crippen molar-refractivity contribution in [2.75, 3.05) is 5.73 Å². The minimum atomic E-state index is -0.727. The molecule has 11 nitrogen and oxygen atoms in total. The highest BCUT2D eigenvalue weighted by molar-refractivity contribution is 7.13. The van der Waals surface area contributed by atoms with Crippen LogP contribution in [0.3, 0.4) is 0 Å². The predicted molar refractivity (Wildman–Crippen MR) is 101 cm³/mol. The van der Waals surface area contributed by atoms with E-state index in [1.807, 2.05) is 0 Å². The van der Waals surface area contributed by atoms with E-state index in [1.54, 1.807) is 13.8 Å². The van der Waals surface area contributed by atoms with Crippen molar-refractivity contribution >= 4 is 34.0 Å². The van der Waals surface area contributed by atoms with E-state index in [9.17, 15) is 19.5 Å². The predicted octanol–water partition coefficient (Wildman–Crippen LogP) is -0.567. The number of nitrogens with zero attached hydrogens (tertiary/aromatic N) is 2. The smallest absolute Gasteiger partial charge is 0.276 e. The summed E-state index contributed by atoms with van der Waals surface area (Å²) in [7, 11) is 0. The van der Waals surface area contributed by atoms with Crippen LogP contribution in [0.4, 0.5) is 5.13 Å². The van der Waals surface area contributed by atoms with Crippen LogP contribution in [0.15, 0.2) is 27.6 Å². The number of hydrogen-bond acceptors (Lipinski definition) is 9. The van der Waals surface area contributed by atoms with Gasteiger partial charge in [0.1, 0.15) is 11.7 Å². The average Bonchev–Trinajstić information content (AvgIpc) is 3.05. The fraction of sp³-hybridized carbons (Fsp3) is 0.312. The van der Waals surface area contributed by atoms with Crippen molar-refractivity contribution in [3.8, 4) is 5.75 Å². The Bertz CT molecular complexity index is 1010. The third-order valence-electron chi connectivity index (χ3n) is 4.01. The highest BCUT2D eigenvalue weighted by Crippen LogP contribution is 2.20. The van der Waals surface area contributed by atoms with Crippen LogP contribution in [0.1, 0.15) is 25.2 Å². The summed E-state index contributed by atoms with van der Waals surface area (Å²) in [5.41, 5.74) is 4.82. The van der Waals surface area contributed by atoms with Crippen LogP contribution in [0.25, 0.3) is 0 Å². The Morgan fingerprint density at radius 1 is 1.50 bits per heavy atom. The third-order valence-corrected chi connectivity index (χ3v) is 4.69. The van der Waals surface area contributed by atoms with Gasteiger partial charge in [0.05, 0.1) is 11.2 Å². The fourth-order valence-corrected chi connectivity index (χ4v) is 3.06. The number of amides is 2. The van der Waals surface area contributed by atoms with Crippen molar-refractivity contribution in [1.82, 2.24) is 20.6 Å². The van der Waals surface area contributed by atoms with Crippen molar-refractivity contribution in [2.24, 2.45) is 5.16 Å². The lowest BCUT2D eigenvalue weighted by Crippen LogP contribution is -2.75. The molecule has 2 aromatic heterocycles. The molecule has 2 amide bonds. The molecule has 3 rings (SSSR count). The summed E-state index contributed by atoms with van der Waals surface area (Å²) in [6.07, 6.45) is 1.12. The standard InChI is InChI=1S/C16H18N6O5S/c1-16(2)12(14(26)21-16)20-13(25)11(8-6-28-15(17)19-8)22-27-5-7-3-9(23)10(24)4-18-7/h3-4,6,12,24H,5H2,1-2H3,(H2,17,19)(H,18,23)(H,20,25)(H,21,26)/b22-11-/t12-/m1/s1. The topological polar surface area (TPSA) is 172 Å². The first-order valence-electron chi connectivity index (χ1n) is 8.12. The monoisotopic (exact) mass is 406 g/mol. The minimum absolute atomic E-state index is 0.162. The summed E-state index contributed by atoms with van der Waals surface area (Å²) in [5.74, 6) is -1.39. The van der Waals surface area contributed by atoms with E-state index in [2.05, 4.69) is 25.8 Å². The highest BCUT2D eigenvalue weighted by atomic mass is 32.1. The Hall–Kier alpha value is -3.41. The zero-order valence-electron chi connectivity index (χ0n) is 15.0. The molecule has 1 aliphatic heterocycles. The number of carbonyl (C=O) groups is 2. The zero-order chi connectivity index (χ0) is 20.5. The number of H-pyrrole nitrogens is 1. The molecule has 0 bridgehead atoms. The number of rotatable bonds is 6. The number of pyridine rings is 1. The molecule has 1 atom stereocenters. The van der Waals surface area contributed by atoms with Gasteiger partial charge in [-0.15, -0.1) is 11.3 Å². The second-order valence-corrected chi connectivity index (χ2v) is 7.50. The van der Waals surface area contributed by atoms with Gasteiger partial charge in [-0.05, 0) is 13.8 Å². The fourth-order valence-electron chi connectivity index (χ4n) is 2.51. The number of aromatic nitrogens is 2. The number of anilines is 1. The van der Waals surface area contributed by atoms with E-state index in [0.717, 1.165) is 23.6 Å². The van der Waals surface area contributed by atoms with Gasteiger partial charge in [-0.3, -0.25) is 14.4 Å². The van der Waals surface area contributed by atoms with E-state index in [-0.39, 0.29) is 29.1 Å². The van der Waals surface area contributed by atoms with Gasteiger partial charge in [0.2, 0.25) is 11.3 Å². The summed E-state index contributed by atoms with van der Waals surface area (Å²) < 4.78 is 0. The quantitative estimate of drug-likeness (QED) is 0.243. The second kappa shape index (κ2) is 7.31. The van der Waals surface area contributed by atoms with Crippen molar-refractivity contribution < 1.29 is 19.5 Å². The van der Waals surface area contributed by atoms with Crippen LogP contribution in [0, 0.1) is 0 Å². The zero-order valence-corrected chi connectivity index (χ0v) is 15.8. The summed E-state index contributed by atoms with van der Waals surface area (Å²) in [6.45, 7) is 3.38. The van der Waals surface area contributed by atoms with Gasteiger partial charge in [0.25, 0.3) is 5.91 Å². The molecule has 3 heterocycles. The van der Waals surface area contributed by atoms with Crippen LogP contribution in [-0.2, 0) is 21.0 Å². The molecule has 0 spiro atoms. The van der Waals surface area contributed by atoms with Gasteiger partial charge >= 0.3 is 0 Å². The largest absolute Gasteiger partial charge is 0.503 e. The number of aromatic hydroxyl groups is 1. The van der Waals surface area contributed by atoms with Crippen molar-refractivity contribution in [3.63, 3.8) is 0 Å². The molecule has 12 heteroatoms. The van der Waals surface area contributed by atoms with Gasteiger partial charge in [-0.2, -0.15) is 0 Å². The molecule has 1 saturated heterocycles. The van der Waals surface area contributed by atoms with Crippen LogP contribution >= 0.6 is 11.3 Å². The van der Waals surface area contributed by atoms with E-state index < -0.39 is 28.7 Å². The summed E-state index contributed by atoms with van der Waals surface area (Å²) in [6, 6.07) is 0.418. The van der Waals surface area contributed by atoms with Gasteiger partial charge in [0, 0.05) is 17.6 Å². The Balaban J connectivity index is 1.77. The molecule has 148 valence electrons. The van der Waals surface area contributed by atoms with E-state index in [1.165, 1.54) is 5.38 Å². The SMILES string of the molecule is CC1(C)NC(=O)[C@H]1NC(=O)/C(=N\OCc1cc(=O)c(O)c[nH]1)c1csc(N)n1. The van der Waals surface area contributed by atoms with Gasteiger partial charge in [-0.25, -0.2) is 4.98 Å². The second-order valence-electron chi connectivity index (χ2n) is 6.61. The Morgan fingerprint density at radius 2 is 2.25 bits per heavy atom. The molecular weight excluding hydrogens is 388 g/mol. The van der Waals surface area contributed by atoms with Crippen molar-refractivity contribution in [2.45, 2.75) is 32.0 Å². The summed E-state index contributed by atoms with van der Waals surface area (Å²) in [5, 5.41) is 20.1. The number of oxime groups is 1. The van der Waals surface area contributed by atoms with E-state index in [4.69, 9.17) is 10.6 Å². The number of nitrogens with two attached hydrogens (primary N) is 1. The summed E-state index contributed by atoms with van der Waals surface area (Å²) >= 11 is 1.12. The minimum Gasteiger partial charge on any atom is -0.503 e. The Labute approximate surface area is 162 Å². The first-order valence-corrected chi connectivity index (χ1v) is 9.00. The van der Waals surface area contributed by atoms with Crippen LogP contribution in [0.2, 0.25) is 0 Å². The first-order chi connectivity index (χ1) is 13.2. The molecule has 1 aliphatic rings. The number of hydrogen-bond donors (Lipinski definition) is 5.